The normalized spacial score (nSPS) is 10.7. The van der Waals surface area contributed by atoms with Gasteiger partial charge in [0.1, 0.15) is 5.15 Å². The van der Waals surface area contributed by atoms with Gasteiger partial charge in [-0.3, -0.25) is 0 Å². The van der Waals surface area contributed by atoms with Crippen LogP contribution in [-0.4, -0.2) is 14.5 Å². The summed E-state index contributed by atoms with van der Waals surface area (Å²) in [5.74, 6) is 0. The molecule has 0 aliphatic heterocycles. The molecular formula is C12H14ClN3. The van der Waals surface area contributed by atoms with Crippen molar-refractivity contribution in [2.75, 3.05) is 0 Å². The maximum Gasteiger partial charge on any atom is 0.132 e. The first-order chi connectivity index (χ1) is 7.69. The van der Waals surface area contributed by atoms with Crippen molar-refractivity contribution in [2.24, 2.45) is 0 Å². The van der Waals surface area contributed by atoms with Gasteiger partial charge in [0.25, 0.3) is 0 Å². The molecular weight excluding hydrogens is 222 g/mol. The van der Waals surface area contributed by atoms with Gasteiger partial charge in [0.15, 0.2) is 0 Å². The molecule has 84 valence electrons. The summed E-state index contributed by atoms with van der Waals surface area (Å²) in [4.78, 5) is 8.59. The summed E-state index contributed by atoms with van der Waals surface area (Å²) in [6.45, 7) is 4.76. The molecule has 3 nitrogen and oxygen atoms in total. The van der Waals surface area contributed by atoms with Crippen LogP contribution in [0.5, 0.6) is 0 Å². The Morgan fingerprint density at radius 2 is 2.12 bits per heavy atom. The number of nitrogens with zero attached hydrogens (tertiary/aromatic N) is 3. The fraction of sp³-hybridized carbons (Fsp3) is 0.333. The number of halogens is 1. The van der Waals surface area contributed by atoms with Crippen LogP contribution >= 0.6 is 11.6 Å². The topological polar surface area (TPSA) is 30.7 Å². The number of pyridine rings is 1. The Kier molecular flexibility index (Phi) is 3.25. The Balaban J connectivity index is 2.17. The highest BCUT2D eigenvalue weighted by Gasteiger charge is 2.02. The molecule has 2 aromatic rings. The molecule has 0 bridgehead atoms. The smallest absolute Gasteiger partial charge is 0.132 e. The maximum absolute atomic E-state index is 5.98. The molecule has 2 heterocycles. The van der Waals surface area contributed by atoms with Gasteiger partial charge in [-0.05, 0) is 25.0 Å². The average Bonchev–Trinajstić information content (AvgIpc) is 2.71. The lowest BCUT2D eigenvalue weighted by Crippen LogP contribution is -1.99. The van der Waals surface area contributed by atoms with E-state index in [1.54, 1.807) is 0 Å². The van der Waals surface area contributed by atoms with Crippen LogP contribution in [-0.2, 0) is 13.0 Å². The van der Waals surface area contributed by atoms with E-state index in [9.17, 15) is 0 Å². The lowest BCUT2D eigenvalue weighted by Gasteiger charge is -2.03. The molecule has 0 unspecified atom stereocenters. The monoisotopic (exact) mass is 235 g/mol. The van der Waals surface area contributed by atoms with Crippen molar-refractivity contribution in [1.29, 1.82) is 0 Å². The fourth-order valence-corrected chi connectivity index (χ4v) is 1.66. The van der Waals surface area contributed by atoms with Crippen molar-refractivity contribution in [1.82, 2.24) is 14.5 Å². The zero-order valence-corrected chi connectivity index (χ0v) is 10.2. The van der Waals surface area contributed by atoms with Crippen molar-refractivity contribution >= 4 is 11.6 Å². The molecule has 0 aliphatic carbocycles. The Bertz CT molecular complexity index is 491. The van der Waals surface area contributed by atoms with E-state index in [2.05, 4.69) is 16.9 Å². The highest BCUT2D eigenvalue weighted by molar-refractivity contribution is 6.30. The van der Waals surface area contributed by atoms with E-state index in [0.29, 0.717) is 11.7 Å². The standard InChI is InChI=1S/C12H14ClN3/c1-3-10-6-16(8-14-10)7-11-5-4-9(2)12(13)15-11/h4-6,8H,3,7H2,1-2H3. The number of imidazole rings is 1. The van der Waals surface area contributed by atoms with Crippen molar-refractivity contribution in [3.63, 3.8) is 0 Å². The molecule has 16 heavy (non-hydrogen) atoms. The fourth-order valence-electron chi connectivity index (χ4n) is 1.49. The summed E-state index contributed by atoms with van der Waals surface area (Å²) in [6, 6.07) is 3.98. The first-order valence-electron chi connectivity index (χ1n) is 5.31. The van der Waals surface area contributed by atoms with Crippen LogP contribution in [0.4, 0.5) is 0 Å². The molecule has 0 saturated heterocycles. The molecule has 0 aliphatic rings. The van der Waals surface area contributed by atoms with E-state index in [1.807, 2.05) is 36.1 Å². The molecule has 0 fully saturated rings. The first-order valence-corrected chi connectivity index (χ1v) is 5.69. The summed E-state index contributed by atoms with van der Waals surface area (Å²) in [7, 11) is 0. The van der Waals surface area contributed by atoms with Crippen molar-refractivity contribution < 1.29 is 0 Å². The van der Waals surface area contributed by atoms with Crippen molar-refractivity contribution in [2.45, 2.75) is 26.8 Å². The molecule has 2 rings (SSSR count). The van der Waals surface area contributed by atoms with Gasteiger partial charge in [-0.2, -0.15) is 0 Å². The van der Waals surface area contributed by atoms with Gasteiger partial charge < -0.3 is 4.57 Å². The average molecular weight is 236 g/mol. The molecule has 2 aromatic heterocycles. The Morgan fingerprint density at radius 1 is 1.31 bits per heavy atom. The van der Waals surface area contributed by atoms with Gasteiger partial charge in [0.05, 0.1) is 24.3 Å². The lowest BCUT2D eigenvalue weighted by atomic mass is 10.3. The first kappa shape index (κ1) is 11.1. The minimum absolute atomic E-state index is 0.577. The maximum atomic E-state index is 5.98. The second-order valence-electron chi connectivity index (χ2n) is 3.80. The van der Waals surface area contributed by atoms with E-state index in [1.165, 1.54) is 0 Å². The van der Waals surface area contributed by atoms with Crippen LogP contribution < -0.4 is 0 Å². The largest absolute Gasteiger partial charge is 0.331 e. The Labute approximate surface area is 100 Å². The molecule has 0 saturated carbocycles. The second kappa shape index (κ2) is 4.66. The van der Waals surface area contributed by atoms with Gasteiger partial charge in [-0.25, -0.2) is 9.97 Å². The summed E-state index contributed by atoms with van der Waals surface area (Å²) in [6.07, 6.45) is 4.82. The van der Waals surface area contributed by atoms with Gasteiger partial charge in [-0.1, -0.05) is 24.6 Å². The van der Waals surface area contributed by atoms with E-state index in [4.69, 9.17) is 11.6 Å². The van der Waals surface area contributed by atoms with Gasteiger partial charge in [-0.15, -0.1) is 0 Å². The van der Waals surface area contributed by atoms with Crippen LogP contribution in [0.2, 0.25) is 5.15 Å². The van der Waals surface area contributed by atoms with E-state index < -0.39 is 0 Å². The molecule has 0 aromatic carbocycles. The number of aryl methyl sites for hydroxylation is 2. The van der Waals surface area contributed by atoms with E-state index in [0.717, 1.165) is 23.4 Å². The third kappa shape index (κ3) is 2.42. The Hall–Kier alpha value is -1.35. The Morgan fingerprint density at radius 3 is 2.75 bits per heavy atom. The molecule has 0 amide bonds. The zero-order chi connectivity index (χ0) is 11.5. The minimum Gasteiger partial charge on any atom is -0.331 e. The van der Waals surface area contributed by atoms with Gasteiger partial charge in [0.2, 0.25) is 0 Å². The van der Waals surface area contributed by atoms with Crippen LogP contribution in [0, 0.1) is 6.92 Å². The van der Waals surface area contributed by atoms with Crippen LogP contribution in [0.25, 0.3) is 0 Å². The SMILES string of the molecule is CCc1cn(Cc2ccc(C)c(Cl)n2)cn1. The van der Waals surface area contributed by atoms with Crippen LogP contribution in [0.1, 0.15) is 23.9 Å². The second-order valence-corrected chi connectivity index (χ2v) is 4.16. The van der Waals surface area contributed by atoms with Gasteiger partial charge >= 0.3 is 0 Å². The summed E-state index contributed by atoms with van der Waals surface area (Å²) >= 11 is 5.98. The summed E-state index contributed by atoms with van der Waals surface area (Å²) < 4.78 is 2.02. The summed E-state index contributed by atoms with van der Waals surface area (Å²) in [5.41, 5.74) is 3.05. The summed E-state index contributed by atoms with van der Waals surface area (Å²) in [5, 5.41) is 0.577. The van der Waals surface area contributed by atoms with E-state index >= 15 is 0 Å². The molecule has 0 atom stereocenters. The highest BCUT2D eigenvalue weighted by atomic mass is 35.5. The third-order valence-corrected chi connectivity index (χ3v) is 2.87. The molecule has 0 spiro atoms. The van der Waals surface area contributed by atoms with Crippen molar-refractivity contribution in [3.05, 3.63) is 46.8 Å². The number of aromatic nitrogens is 3. The van der Waals surface area contributed by atoms with Crippen LogP contribution in [0.3, 0.4) is 0 Å². The number of hydrogen-bond donors (Lipinski definition) is 0. The zero-order valence-electron chi connectivity index (χ0n) is 9.44. The minimum atomic E-state index is 0.577. The predicted octanol–water partition coefficient (Wildman–Crippen LogP) is 2.85. The number of hydrogen-bond acceptors (Lipinski definition) is 2. The highest BCUT2D eigenvalue weighted by Crippen LogP contribution is 2.13. The predicted molar refractivity (Wildman–Crippen MR) is 64.7 cm³/mol. The lowest BCUT2D eigenvalue weighted by molar-refractivity contribution is 0.771. The quantitative estimate of drug-likeness (QED) is 0.766. The van der Waals surface area contributed by atoms with E-state index in [-0.39, 0.29) is 0 Å². The third-order valence-electron chi connectivity index (χ3n) is 2.49. The number of rotatable bonds is 3. The van der Waals surface area contributed by atoms with Crippen molar-refractivity contribution in [3.8, 4) is 0 Å². The van der Waals surface area contributed by atoms with Crippen LogP contribution in [0.15, 0.2) is 24.7 Å². The van der Waals surface area contributed by atoms with Gasteiger partial charge in [0, 0.05) is 6.20 Å². The molecule has 0 radical (unpaired) electrons. The molecule has 4 heteroatoms. The molecule has 0 N–H and O–H groups in total.